The first-order chi connectivity index (χ1) is 8.54. The predicted molar refractivity (Wildman–Crippen MR) is 66.3 cm³/mol. The van der Waals surface area contributed by atoms with Crippen LogP contribution in [0.1, 0.15) is 19.4 Å². The number of benzene rings is 1. The first kappa shape index (κ1) is 16.0. The Hall–Kier alpha value is -1.08. The Morgan fingerprint density at radius 1 is 1.16 bits per heavy atom. The van der Waals surface area contributed by atoms with Crippen molar-refractivity contribution >= 4 is 9.84 Å². The molecule has 0 spiro atoms. The summed E-state index contributed by atoms with van der Waals surface area (Å²) in [5, 5.41) is 0. The van der Waals surface area contributed by atoms with E-state index in [1.807, 2.05) is 0 Å². The molecule has 0 aliphatic carbocycles. The largest absolute Gasteiger partial charge is 0.416 e. The molecule has 0 aliphatic rings. The van der Waals surface area contributed by atoms with Gasteiger partial charge in [0.25, 0.3) is 0 Å². The van der Waals surface area contributed by atoms with Crippen molar-refractivity contribution < 1.29 is 21.6 Å². The van der Waals surface area contributed by atoms with Gasteiger partial charge in [0.1, 0.15) is 0 Å². The number of hydrogen-bond donors (Lipinski definition) is 1. The lowest BCUT2D eigenvalue weighted by Crippen LogP contribution is -2.34. The summed E-state index contributed by atoms with van der Waals surface area (Å²) < 4.78 is 61.0. The highest BCUT2D eigenvalue weighted by molar-refractivity contribution is 7.91. The smallest absolute Gasteiger partial charge is 0.327 e. The summed E-state index contributed by atoms with van der Waals surface area (Å²) in [6.45, 7) is 3.57. The van der Waals surface area contributed by atoms with E-state index in [0.29, 0.717) is 0 Å². The van der Waals surface area contributed by atoms with E-state index in [9.17, 15) is 21.6 Å². The molecule has 108 valence electrons. The lowest BCUT2D eigenvalue weighted by atomic mass is 10.1. The Morgan fingerprint density at radius 3 is 2.00 bits per heavy atom. The number of sulfone groups is 1. The molecule has 1 atom stereocenters. The molecule has 3 nitrogen and oxygen atoms in total. The van der Waals surface area contributed by atoms with Gasteiger partial charge in [-0.3, -0.25) is 0 Å². The van der Waals surface area contributed by atoms with Gasteiger partial charge >= 0.3 is 6.18 Å². The van der Waals surface area contributed by atoms with Crippen molar-refractivity contribution in [2.24, 2.45) is 11.7 Å². The lowest BCUT2D eigenvalue weighted by Gasteiger charge is -2.16. The van der Waals surface area contributed by atoms with Crippen LogP contribution in [0.15, 0.2) is 29.2 Å². The van der Waals surface area contributed by atoms with Crippen molar-refractivity contribution in [3.8, 4) is 0 Å². The van der Waals surface area contributed by atoms with Crippen LogP contribution in [0.3, 0.4) is 0 Å². The summed E-state index contributed by atoms with van der Waals surface area (Å²) in [6, 6.07) is 2.89. The second kappa shape index (κ2) is 5.50. The van der Waals surface area contributed by atoms with Crippen LogP contribution < -0.4 is 5.73 Å². The Balaban J connectivity index is 2.98. The van der Waals surface area contributed by atoms with Crippen LogP contribution >= 0.6 is 0 Å². The molecule has 0 radical (unpaired) electrons. The van der Waals surface area contributed by atoms with Crippen molar-refractivity contribution in [2.75, 3.05) is 5.75 Å². The highest BCUT2D eigenvalue weighted by Gasteiger charge is 2.30. The van der Waals surface area contributed by atoms with Crippen LogP contribution in [-0.2, 0) is 16.0 Å². The molecule has 1 rings (SSSR count). The average molecular weight is 295 g/mol. The fraction of sp³-hybridized carbons (Fsp3) is 0.500. The number of alkyl halides is 3. The van der Waals surface area contributed by atoms with Gasteiger partial charge in [0.15, 0.2) is 9.84 Å². The highest BCUT2D eigenvalue weighted by atomic mass is 32.2. The van der Waals surface area contributed by atoms with Gasteiger partial charge in [-0.1, -0.05) is 13.8 Å². The van der Waals surface area contributed by atoms with Gasteiger partial charge in [0.2, 0.25) is 0 Å². The molecule has 0 fully saturated rings. The molecule has 1 unspecified atom stereocenters. The molecule has 0 heterocycles. The van der Waals surface area contributed by atoms with Crippen molar-refractivity contribution in [3.05, 3.63) is 29.8 Å². The molecule has 1 aromatic rings. The molecule has 0 saturated carbocycles. The third-order valence-corrected chi connectivity index (χ3v) is 4.62. The maximum Gasteiger partial charge on any atom is 0.416 e. The van der Waals surface area contributed by atoms with Crippen LogP contribution in [0.2, 0.25) is 0 Å². The van der Waals surface area contributed by atoms with E-state index in [1.165, 1.54) is 0 Å². The standard InChI is InChI=1S/C12H16F3NO2S/c1-8(2)11(16)7-19(17,18)10-5-3-9(4-6-10)12(13,14)15/h3-6,8,11H,7,16H2,1-2H3. The molecule has 19 heavy (non-hydrogen) atoms. The summed E-state index contributed by atoms with van der Waals surface area (Å²) in [5.74, 6) is -0.306. The first-order valence-electron chi connectivity index (χ1n) is 5.69. The van der Waals surface area contributed by atoms with Gasteiger partial charge < -0.3 is 5.73 Å². The van der Waals surface area contributed by atoms with Crippen LogP contribution in [0.25, 0.3) is 0 Å². The minimum Gasteiger partial charge on any atom is -0.327 e. The summed E-state index contributed by atoms with van der Waals surface area (Å²) in [6.07, 6.45) is -4.48. The van der Waals surface area contributed by atoms with Crippen LogP contribution in [0, 0.1) is 5.92 Å². The van der Waals surface area contributed by atoms with E-state index in [0.717, 1.165) is 24.3 Å². The maximum absolute atomic E-state index is 12.4. The van der Waals surface area contributed by atoms with Crippen LogP contribution in [0.5, 0.6) is 0 Å². The molecule has 7 heteroatoms. The highest BCUT2D eigenvalue weighted by Crippen LogP contribution is 2.29. The maximum atomic E-state index is 12.4. The second-order valence-corrected chi connectivity index (χ2v) is 6.75. The van der Waals surface area contributed by atoms with Crippen molar-refractivity contribution in [3.63, 3.8) is 0 Å². The summed E-state index contributed by atoms with van der Waals surface area (Å²) in [7, 11) is -3.66. The summed E-state index contributed by atoms with van der Waals surface area (Å²) in [4.78, 5) is -0.142. The molecule has 2 N–H and O–H groups in total. The summed E-state index contributed by atoms with van der Waals surface area (Å²) >= 11 is 0. The molecule has 0 amide bonds. The van der Waals surface area contributed by atoms with Gasteiger partial charge in [-0.25, -0.2) is 8.42 Å². The van der Waals surface area contributed by atoms with E-state index >= 15 is 0 Å². The van der Waals surface area contributed by atoms with Gasteiger partial charge in [-0.15, -0.1) is 0 Å². The Kier molecular flexibility index (Phi) is 4.63. The van der Waals surface area contributed by atoms with Crippen molar-refractivity contribution in [1.29, 1.82) is 0 Å². The number of halogens is 3. The Morgan fingerprint density at radius 2 is 1.63 bits per heavy atom. The number of rotatable bonds is 4. The zero-order chi connectivity index (χ0) is 14.8. The average Bonchev–Trinajstić information content (AvgIpc) is 2.27. The van der Waals surface area contributed by atoms with E-state index in [2.05, 4.69) is 0 Å². The first-order valence-corrected chi connectivity index (χ1v) is 7.35. The third kappa shape index (κ3) is 4.21. The van der Waals surface area contributed by atoms with E-state index in [1.54, 1.807) is 13.8 Å². The molecular weight excluding hydrogens is 279 g/mol. The molecule has 1 aromatic carbocycles. The molecule has 0 saturated heterocycles. The molecule has 0 aromatic heterocycles. The quantitative estimate of drug-likeness (QED) is 0.928. The minimum absolute atomic E-state index is 0.0239. The van der Waals surface area contributed by atoms with Crippen LogP contribution in [-0.4, -0.2) is 20.2 Å². The Labute approximate surface area is 110 Å². The number of nitrogens with two attached hydrogens (primary N) is 1. The Bertz CT molecular complexity index is 521. The normalized spacial score (nSPS) is 14.7. The van der Waals surface area contributed by atoms with Gasteiger partial charge in [-0.05, 0) is 30.2 Å². The van der Waals surface area contributed by atoms with Gasteiger partial charge in [0, 0.05) is 6.04 Å². The van der Waals surface area contributed by atoms with Crippen molar-refractivity contribution in [2.45, 2.75) is 31.0 Å². The molecule has 0 bridgehead atoms. The lowest BCUT2D eigenvalue weighted by molar-refractivity contribution is -0.137. The SMILES string of the molecule is CC(C)C(N)CS(=O)(=O)c1ccc(C(F)(F)F)cc1. The zero-order valence-corrected chi connectivity index (χ0v) is 11.4. The van der Waals surface area contributed by atoms with E-state index in [4.69, 9.17) is 5.73 Å². The second-order valence-electron chi connectivity index (χ2n) is 4.71. The topological polar surface area (TPSA) is 60.2 Å². The van der Waals surface area contributed by atoms with Crippen LogP contribution in [0.4, 0.5) is 13.2 Å². The fourth-order valence-corrected chi connectivity index (χ4v) is 3.03. The predicted octanol–water partition coefficient (Wildman–Crippen LogP) is 2.46. The van der Waals surface area contributed by atoms with Gasteiger partial charge in [0.05, 0.1) is 16.2 Å². The van der Waals surface area contributed by atoms with E-state index < -0.39 is 27.6 Å². The number of hydrogen-bond acceptors (Lipinski definition) is 3. The fourth-order valence-electron chi connectivity index (χ4n) is 1.39. The summed E-state index contributed by atoms with van der Waals surface area (Å²) in [5.41, 5.74) is 4.80. The molecule has 0 aliphatic heterocycles. The van der Waals surface area contributed by atoms with E-state index in [-0.39, 0.29) is 16.6 Å². The minimum atomic E-state index is -4.48. The zero-order valence-electron chi connectivity index (χ0n) is 10.6. The third-order valence-electron chi connectivity index (χ3n) is 2.81. The van der Waals surface area contributed by atoms with Gasteiger partial charge in [-0.2, -0.15) is 13.2 Å². The monoisotopic (exact) mass is 295 g/mol. The van der Waals surface area contributed by atoms with Crippen molar-refractivity contribution in [1.82, 2.24) is 0 Å². The molecular formula is C12H16F3NO2S.